The second kappa shape index (κ2) is 10.8. The van der Waals surface area contributed by atoms with Crippen molar-refractivity contribution in [2.24, 2.45) is 0 Å². The standard InChI is InChI=1S/C48H28N2O2S/c1-2-13-30(14-3-1)49-39-25-24-35-33-16-4-6-20-38(33)50(47(35)46(39)37-27-43-44(28-40(37)49)52-42-22-8-7-21-41(42)51-43)31-15-10-12-29(26-31)32-18-11-19-36-34-17-5-9-23-45(34)53-48(32)36/h1-28H. The summed E-state index contributed by atoms with van der Waals surface area (Å²) in [5.41, 5.74) is 9.16. The largest absolute Gasteiger partial charge is 0.449 e. The first-order valence-corrected chi connectivity index (χ1v) is 18.7. The van der Waals surface area contributed by atoms with E-state index in [1.165, 1.54) is 53.0 Å². The van der Waals surface area contributed by atoms with Gasteiger partial charge in [-0.05, 0) is 71.8 Å². The zero-order valence-corrected chi connectivity index (χ0v) is 29.1. The van der Waals surface area contributed by atoms with E-state index in [1.807, 2.05) is 35.6 Å². The molecule has 0 N–H and O–H groups in total. The van der Waals surface area contributed by atoms with Gasteiger partial charge in [0.1, 0.15) is 0 Å². The summed E-state index contributed by atoms with van der Waals surface area (Å²) in [4.78, 5) is 0. The van der Waals surface area contributed by atoms with Crippen LogP contribution in [0.1, 0.15) is 0 Å². The number of benzene rings is 8. The van der Waals surface area contributed by atoms with Crippen LogP contribution in [-0.2, 0) is 0 Å². The van der Waals surface area contributed by atoms with E-state index in [4.69, 9.17) is 9.47 Å². The van der Waals surface area contributed by atoms with Gasteiger partial charge >= 0.3 is 0 Å². The molecule has 4 heterocycles. The summed E-state index contributed by atoms with van der Waals surface area (Å²) in [5, 5.41) is 7.31. The van der Waals surface area contributed by atoms with Crippen molar-refractivity contribution in [1.82, 2.24) is 9.13 Å². The minimum absolute atomic E-state index is 0.705. The molecule has 248 valence electrons. The Labute approximate surface area is 307 Å². The van der Waals surface area contributed by atoms with Crippen LogP contribution in [0.25, 0.3) is 86.3 Å². The first-order valence-electron chi connectivity index (χ1n) is 17.8. The van der Waals surface area contributed by atoms with Crippen LogP contribution in [0.5, 0.6) is 23.0 Å². The fourth-order valence-corrected chi connectivity index (χ4v) is 9.73. The molecule has 5 heteroatoms. The van der Waals surface area contributed by atoms with E-state index < -0.39 is 0 Å². The molecule has 0 saturated heterocycles. The summed E-state index contributed by atoms with van der Waals surface area (Å²) in [6.45, 7) is 0. The summed E-state index contributed by atoms with van der Waals surface area (Å²) in [6, 6.07) is 60.6. The molecule has 0 atom stereocenters. The van der Waals surface area contributed by atoms with Gasteiger partial charge in [-0.2, -0.15) is 0 Å². The monoisotopic (exact) mass is 696 g/mol. The molecule has 1 aliphatic rings. The van der Waals surface area contributed by atoms with Gasteiger partial charge in [0.25, 0.3) is 0 Å². The third-order valence-corrected chi connectivity index (χ3v) is 12.0. The third kappa shape index (κ3) is 4.11. The number of hydrogen-bond acceptors (Lipinski definition) is 3. The molecule has 0 spiro atoms. The van der Waals surface area contributed by atoms with Gasteiger partial charge in [0.15, 0.2) is 23.0 Å². The van der Waals surface area contributed by atoms with E-state index >= 15 is 0 Å². The zero-order chi connectivity index (χ0) is 34.6. The molecule has 4 nitrogen and oxygen atoms in total. The van der Waals surface area contributed by atoms with Crippen molar-refractivity contribution in [3.63, 3.8) is 0 Å². The number of thiophene rings is 1. The van der Waals surface area contributed by atoms with Crippen molar-refractivity contribution in [3.8, 4) is 45.5 Å². The van der Waals surface area contributed by atoms with E-state index in [9.17, 15) is 0 Å². The topological polar surface area (TPSA) is 28.3 Å². The van der Waals surface area contributed by atoms with Crippen molar-refractivity contribution in [2.75, 3.05) is 0 Å². The fraction of sp³-hybridized carbons (Fsp3) is 0. The van der Waals surface area contributed by atoms with E-state index in [1.54, 1.807) is 0 Å². The minimum atomic E-state index is 0.705. The Morgan fingerprint density at radius 2 is 1.09 bits per heavy atom. The van der Waals surface area contributed by atoms with Gasteiger partial charge in [0.05, 0.1) is 22.1 Å². The van der Waals surface area contributed by atoms with Crippen LogP contribution < -0.4 is 9.47 Å². The number of hydrogen-bond donors (Lipinski definition) is 0. The van der Waals surface area contributed by atoms with Crippen molar-refractivity contribution in [1.29, 1.82) is 0 Å². The highest BCUT2D eigenvalue weighted by atomic mass is 32.1. The first-order chi connectivity index (χ1) is 26.3. The number of ether oxygens (including phenoxy) is 2. The van der Waals surface area contributed by atoms with Gasteiger partial charge in [0.2, 0.25) is 0 Å². The minimum Gasteiger partial charge on any atom is -0.449 e. The SMILES string of the molecule is c1ccc(-n2c3cc4c(cc3c3c2ccc2c5ccccc5n(-c5cccc(-c6cccc7c6sc6ccccc67)c5)c23)Oc2ccccc2O4)cc1. The van der Waals surface area contributed by atoms with E-state index in [2.05, 4.69) is 155 Å². The highest BCUT2D eigenvalue weighted by Crippen LogP contribution is 2.50. The van der Waals surface area contributed by atoms with E-state index in [0.29, 0.717) is 11.5 Å². The van der Waals surface area contributed by atoms with Crippen LogP contribution in [0.3, 0.4) is 0 Å². The maximum Gasteiger partial charge on any atom is 0.172 e. The van der Waals surface area contributed by atoms with Gasteiger partial charge in [-0.1, -0.05) is 103 Å². The Bertz CT molecular complexity index is 3300. The highest BCUT2D eigenvalue weighted by molar-refractivity contribution is 7.26. The molecule has 3 aromatic heterocycles. The van der Waals surface area contributed by atoms with Crippen LogP contribution in [0.15, 0.2) is 170 Å². The average Bonchev–Trinajstić information content (AvgIpc) is 3.87. The maximum atomic E-state index is 6.52. The molecule has 0 saturated carbocycles. The predicted molar refractivity (Wildman–Crippen MR) is 220 cm³/mol. The lowest BCUT2D eigenvalue weighted by molar-refractivity contribution is 0.360. The molecular weight excluding hydrogens is 669 g/mol. The van der Waals surface area contributed by atoms with Gasteiger partial charge < -0.3 is 18.6 Å². The van der Waals surface area contributed by atoms with Gasteiger partial charge in [-0.15, -0.1) is 11.3 Å². The Kier molecular flexibility index (Phi) is 5.90. The second-order valence-electron chi connectivity index (χ2n) is 13.7. The first kappa shape index (κ1) is 28.8. The molecule has 0 bridgehead atoms. The molecule has 8 aromatic carbocycles. The molecule has 0 aliphatic carbocycles. The van der Waals surface area contributed by atoms with Gasteiger partial charge in [-0.25, -0.2) is 0 Å². The lowest BCUT2D eigenvalue weighted by Crippen LogP contribution is -1.99. The summed E-state index contributed by atoms with van der Waals surface area (Å²) >= 11 is 1.87. The molecule has 11 aromatic rings. The second-order valence-corrected chi connectivity index (χ2v) is 14.7. The zero-order valence-electron chi connectivity index (χ0n) is 28.3. The maximum absolute atomic E-state index is 6.52. The summed E-state index contributed by atoms with van der Waals surface area (Å²) < 4.78 is 20.4. The number of rotatable bonds is 3. The van der Waals surface area contributed by atoms with Crippen LogP contribution in [0, 0.1) is 0 Å². The van der Waals surface area contributed by atoms with E-state index in [0.717, 1.165) is 44.8 Å². The van der Waals surface area contributed by atoms with Crippen LogP contribution >= 0.6 is 11.3 Å². The van der Waals surface area contributed by atoms with Crippen LogP contribution in [0.4, 0.5) is 0 Å². The van der Waals surface area contributed by atoms with E-state index in [-0.39, 0.29) is 0 Å². The Morgan fingerprint density at radius 1 is 0.396 bits per heavy atom. The number of aromatic nitrogens is 2. The third-order valence-electron chi connectivity index (χ3n) is 10.8. The molecule has 0 unspecified atom stereocenters. The van der Waals surface area contributed by atoms with Crippen molar-refractivity contribution in [3.05, 3.63) is 170 Å². The lowest BCUT2D eigenvalue weighted by Gasteiger charge is -2.20. The number of para-hydroxylation sites is 4. The number of fused-ring (bicyclic) bond motifs is 12. The quantitative estimate of drug-likeness (QED) is 0.184. The van der Waals surface area contributed by atoms with Crippen molar-refractivity contribution in [2.45, 2.75) is 0 Å². The Hall–Kier alpha value is -6.82. The normalized spacial score (nSPS) is 12.5. The van der Waals surface area contributed by atoms with Crippen molar-refractivity contribution < 1.29 is 9.47 Å². The molecule has 0 radical (unpaired) electrons. The van der Waals surface area contributed by atoms with Gasteiger partial charge in [0, 0.05) is 59.2 Å². The smallest absolute Gasteiger partial charge is 0.172 e. The molecule has 1 aliphatic heterocycles. The fourth-order valence-electron chi connectivity index (χ4n) is 8.49. The Balaban J connectivity index is 1.18. The van der Waals surface area contributed by atoms with Gasteiger partial charge in [-0.3, -0.25) is 0 Å². The van der Waals surface area contributed by atoms with Crippen molar-refractivity contribution >= 4 is 75.1 Å². The molecule has 0 amide bonds. The predicted octanol–water partition coefficient (Wildman–Crippen LogP) is 13.8. The number of nitrogens with zero attached hydrogens (tertiary/aromatic N) is 2. The Morgan fingerprint density at radius 3 is 1.96 bits per heavy atom. The lowest BCUT2D eigenvalue weighted by atomic mass is 10.0. The summed E-state index contributed by atoms with van der Waals surface area (Å²) in [7, 11) is 0. The molecule has 12 rings (SSSR count). The summed E-state index contributed by atoms with van der Waals surface area (Å²) in [6.07, 6.45) is 0. The molecule has 0 fully saturated rings. The summed E-state index contributed by atoms with van der Waals surface area (Å²) in [5.74, 6) is 2.85. The average molecular weight is 697 g/mol. The molecular formula is C48H28N2O2S. The van der Waals surface area contributed by atoms with Crippen LogP contribution in [-0.4, -0.2) is 9.13 Å². The van der Waals surface area contributed by atoms with Crippen LogP contribution in [0.2, 0.25) is 0 Å². The highest BCUT2D eigenvalue weighted by Gasteiger charge is 2.25. The molecule has 53 heavy (non-hydrogen) atoms.